The Balaban J connectivity index is 0.810. The third-order valence-corrected chi connectivity index (χ3v) is 13.1. The number of aromatic nitrogens is 4. The van der Waals surface area contributed by atoms with Crippen LogP contribution in [0.3, 0.4) is 0 Å². The average molecular weight is 1280 g/mol. The minimum Gasteiger partial charge on any atom is -0.481 e. The number of ether oxygens (including phenoxy) is 11. The molecular weight excluding hydrogens is 1190 g/mol. The van der Waals surface area contributed by atoms with Crippen molar-refractivity contribution in [2.45, 2.75) is 75.7 Å². The third-order valence-electron chi connectivity index (χ3n) is 12.9. The first kappa shape index (κ1) is 75.3. The van der Waals surface area contributed by atoms with Crippen molar-refractivity contribution in [1.29, 1.82) is 0 Å². The molecule has 2 aromatic carbocycles. The number of hydrogen-bond donors (Lipinski definition) is 10. The molecule has 2 amide bonds. The quantitative estimate of drug-likeness (QED) is 0.0267. The summed E-state index contributed by atoms with van der Waals surface area (Å²) in [7, 11) is 0. The molecule has 0 radical (unpaired) electrons. The van der Waals surface area contributed by atoms with Crippen molar-refractivity contribution in [3.63, 3.8) is 0 Å². The van der Waals surface area contributed by atoms with Gasteiger partial charge in [-0.05, 0) is 48.3 Å². The van der Waals surface area contributed by atoms with E-state index in [1.54, 1.807) is 0 Å². The summed E-state index contributed by atoms with van der Waals surface area (Å²) in [5.41, 5.74) is 3.31. The number of benzene rings is 2. The fraction of sp³-hybridized carbons (Fsp3) is 0.655. The van der Waals surface area contributed by atoms with Crippen LogP contribution in [-0.4, -0.2) is 266 Å². The summed E-state index contributed by atoms with van der Waals surface area (Å²) >= 11 is 5.43. The molecule has 1 aliphatic heterocycles. The molecule has 31 heteroatoms. The van der Waals surface area contributed by atoms with Crippen molar-refractivity contribution in [1.82, 2.24) is 52.3 Å². The maximum absolute atomic E-state index is 12.2. The van der Waals surface area contributed by atoms with E-state index < -0.39 is 42.1 Å². The van der Waals surface area contributed by atoms with E-state index in [-0.39, 0.29) is 57.0 Å². The molecule has 4 unspecified atom stereocenters. The number of carboxylic acids is 3. The number of nitrogens with one attached hydrogen (secondary N) is 7. The zero-order chi connectivity index (χ0) is 63.6. The van der Waals surface area contributed by atoms with Crippen molar-refractivity contribution >= 4 is 52.7 Å². The van der Waals surface area contributed by atoms with Crippen molar-refractivity contribution < 1.29 is 91.4 Å². The fourth-order valence-electron chi connectivity index (χ4n) is 8.43. The predicted octanol–water partition coefficient (Wildman–Crippen LogP) is 0.229. The first-order valence-corrected chi connectivity index (χ1v) is 30.3. The van der Waals surface area contributed by atoms with Crippen LogP contribution in [0.25, 0.3) is 11.4 Å². The van der Waals surface area contributed by atoms with E-state index in [0.29, 0.717) is 189 Å². The Kier molecular flexibility index (Phi) is 42.0. The molecule has 1 aromatic heterocycles. The van der Waals surface area contributed by atoms with Crippen LogP contribution in [0.1, 0.15) is 49.7 Å². The minimum atomic E-state index is -1.03. The molecule has 1 saturated heterocycles. The molecule has 89 heavy (non-hydrogen) atoms. The first-order valence-electron chi connectivity index (χ1n) is 29.9. The highest BCUT2D eigenvalue weighted by atomic mass is 32.1. The number of carbonyl (C=O) groups is 5. The summed E-state index contributed by atoms with van der Waals surface area (Å²) in [6.45, 7) is 11.0. The molecule has 0 spiro atoms. The predicted molar refractivity (Wildman–Crippen MR) is 326 cm³/mol. The molecule has 3 aromatic rings. The van der Waals surface area contributed by atoms with Crippen molar-refractivity contribution in [2.75, 3.05) is 177 Å². The Morgan fingerprint density at radius 2 is 0.876 bits per heavy atom. The second-order valence-electron chi connectivity index (χ2n) is 19.9. The molecule has 0 saturated carbocycles. The lowest BCUT2D eigenvalue weighted by atomic mass is 9.95. The highest BCUT2D eigenvalue weighted by Gasteiger charge is 2.31. The molecular formula is C58H91N11O19S. The van der Waals surface area contributed by atoms with Crippen LogP contribution >= 0.6 is 12.2 Å². The smallest absolute Gasteiger partial charge is 0.304 e. The second-order valence-corrected chi connectivity index (χ2v) is 20.4. The topological polar surface area (TPSA) is 383 Å². The van der Waals surface area contributed by atoms with Crippen molar-refractivity contribution in [3.8, 4) is 11.4 Å². The number of amides is 2. The van der Waals surface area contributed by atoms with Gasteiger partial charge in [-0.2, -0.15) is 0 Å². The standard InChI is InChI=1S/C58H91N11O19S/c70-52(2-1-3-53(71)63-40-45-4-8-46(9-5-45)57-68-64-43-65-69-57)59-12-14-78-16-18-80-20-22-82-24-26-84-28-30-86-32-34-88-35-33-87-31-29-85-27-25-83-23-21-81-19-17-79-15-13-60-58(89)67-47-10-6-44(7-11-47)36-51-50(39-56(76)77)62-41-48(37-54(72)73)61-42-49(66-51)38-55(74)75/h4-11,43,48-51,61-62,66H,1-3,12-42H2,(H,59,70)(H,63,71)(H,72,73)(H,74,75)(H,76,77)(H2,60,67,89). The number of nitrogens with zero attached hydrogens (tertiary/aromatic N) is 4. The number of carbonyl (C=O) groups excluding carboxylic acids is 2. The SMILES string of the molecule is O=C(O)CC1CNC(CC(=O)O)C(Cc2ccc(NC(=S)NCCOCCOCCOCCOCCOCCOCCOCCOCCOCCOCCOCCNC(=O)CCCC(=O)NCc3ccc(-c4nncnn4)cc3)cc2)NC(CC(=O)O)CN1. The first-order chi connectivity index (χ1) is 43.4. The molecule has 1 fully saturated rings. The van der Waals surface area contributed by atoms with Gasteiger partial charge < -0.3 is 105 Å². The molecule has 0 bridgehead atoms. The molecule has 0 aliphatic carbocycles. The van der Waals surface area contributed by atoms with E-state index in [9.17, 15) is 39.3 Å². The van der Waals surface area contributed by atoms with Gasteiger partial charge in [0.1, 0.15) is 0 Å². The van der Waals surface area contributed by atoms with Crippen LogP contribution in [0, 0.1) is 0 Å². The Hall–Kier alpha value is -6.14. The lowest BCUT2D eigenvalue weighted by Crippen LogP contribution is -2.54. The number of thiocarbonyl (C=S) groups is 1. The van der Waals surface area contributed by atoms with Gasteiger partial charge in [0.15, 0.2) is 11.4 Å². The Labute approximate surface area is 524 Å². The summed E-state index contributed by atoms with van der Waals surface area (Å²) in [6.07, 6.45) is 1.92. The molecule has 4 atom stereocenters. The van der Waals surface area contributed by atoms with E-state index >= 15 is 0 Å². The monoisotopic (exact) mass is 1280 g/mol. The lowest BCUT2D eigenvalue weighted by molar-refractivity contribution is -0.139. The number of hydrogen-bond acceptors (Lipinski definition) is 24. The Bertz CT molecular complexity index is 2380. The van der Waals surface area contributed by atoms with Gasteiger partial charge >= 0.3 is 17.9 Å². The fourth-order valence-corrected chi connectivity index (χ4v) is 8.65. The summed E-state index contributed by atoms with van der Waals surface area (Å²) in [4.78, 5) is 59.2. The van der Waals surface area contributed by atoms with E-state index in [4.69, 9.17) is 64.3 Å². The van der Waals surface area contributed by atoms with Crippen LogP contribution in [0.2, 0.25) is 0 Å². The van der Waals surface area contributed by atoms with Gasteiger partial charge in [0, 0.05) is 81.0 Å². The molecule has 30 nitrogen and oxygen atoms in total. The Morgan fingerprint density at radius 1 is 0.472 bits per heavy atom. The van der Waals surface area contributed by atoms with Crippen LogP contribution in [0.4, 0.5) is 5.69 Å². The summed E-state index contributed by atoms with van der Waals surface area (Å²) in [6, 6.07) is 12.8. The number of aliphatic carboxylic acids is 3. The number of carboxylic acid groups (broad SMARTS) is 3. The van der Waals surface area contributed by atoms with Gasteiger partial charge in [-0.3, -0.25) is 24.0 Å². The van der Waals surface area contributed by atoms with Gasteiger partial charge in [0.05, 0.1) is 165 Å². The number of rotatable bonds is 52. The van der Waals surface area contributed by atoms with Gasteiger partial charge in [0.25, 0.3) is 0 Å². The van der Waals surface area contributed by atoms with Crippen LogP contribution < -0.4 is 37.2 Å². The lowest BCUT2D eigenvalue weighted by Gasteiger charge is -2.30. The summed E-state index contributed by atoms with van der Waals surface area (Å²) in [5.74, 6) is -2.91. The highest BCUT2D eigenvalue weighted by Crippen LogP contribution is 2.17. The highest BCUT2D eigenvalue weighted by molar-refractivity contribution is 7.80. The van der Waals surface area contributed by atoms with E-state index in [1.807, 2.05) is 48.5 Å². The zero-order valence-electron chi connectivity index (χ0n) is 50.6. The maximum atomic E-state index is 12.2. The minimum absolute atomic E-state index is 0.127. The normalized spacial score (nSPS) is 16.0. The van der Waals surface area contributed by atoms with Gasteiger partial charge in [-0.15, -0.1) is 20.4 Å². The van der Waals surface area contributed by atoms with Crippen LogP contribution in [0.15, 0.2) is 54.9 Å². The van der Waals surface area contributed by atoms with Gasteiger partial charge in [-0.25, -0.2) is 0 Å². The largest absolute Gasteiger partial charge is 0.481 e. The summed E-state index contributed by atoms with van der Waals surface area (Å²) < 4.78 is 60.9. The van der Waals surface area contributed by atoms with Crippen molar-refractivity contribution in [3.05, 3.63) is 66.0 Å². The molecule has 2 heterocycles. The van der Waals surface area contributed by atoms with Gasteiger partial charge in [0.2, 0.25) is 17.6 Å². The molecule has 1 aliphatic rings. The van der Waals surface area contributed by atoms with Crippen LogP contribution in [0.5, 0.6) is 0 Å². The second kappa shape index (κ2) is 49.6. The molecule has 498 valence electrons. The maximum Gasteiger partial charge on any atom is 0.304 e. The number of anilines is 1. The van der Waals surface area contributed by atoms with Crippen LogP contribution in [-0.2, 0) is 89.0 Å². The third kappa shape index (κ3) is 39.6. The molecule has 10 N–H and O–H groups in total. The molecule has 4 rings (SSSR count). The van der Waals surface area contributed by atoms with E-state index in [1.165, 1.54) is 6.33 Å². The van der Waals surface area contributed by atoms with E-state index in [0.717, 1.165) is 22.4 Å². The Morgan fingerprint density at radius 3 is 1.34 bits per heavy atom. The average Bonchev–Trinajstić information content (AvgIpc) is 3.91. The zero-order valence-corrected chi connectivity index (χ0v) is 51.4. The summed E-state index contributed by atoms with van der Waals surface area (Å²) in [5, 5.41) is 65.7. The van der Waals surface area contributed by atoms with Crippen molar-refractivity contribution in [2.24, 2.45) is 0 Å². The van der Waals surface area contributed by atoms with E-state index in [2.05, 4.69) is 57.6 Å². The van der Waals surface area contributed by atoms with Gasteiger partial charge in [-0.1, -0.05) is 36.4 Å².